The molecule has 180 valence electrons. The van der Waals surface area contributed by atoms with E-state index in [2.05, 4.69) is 16.9 Å². The Morgan fingerprint density at radius 3 is 2.40 bits per heavy atom. The second-order valence-corrected chi connectivity index (χ2v) is 8.68. The Hall–Kier alpha value is -4.07. The summed E-state index contributed by atoms with van der Waals surface area (Å²) < 4.78 is 8.83. The average Bonchev–Trinajstić information content (AvgIpc) is 3.25. The van der Waals surface area contributed by atoms with Crippen molar-refractivity contribution in [3.05, 3.63) is 82.9 Å². The van der Waals surface area contributed by atoms with Crippen molar-refractivity contribution in [1.82, 2.24) is 19.2 Å². The number of nitrogens with zero attached hydrogens (tertiary/aromatic N) is 5. The summed E-state index contributed by atoms with van der Waals surface area (Å²) in [5.41, 5.74) is 2.87. The summed E-state index contributed by atoms with van der Waals surface area (Å²) in [4.78, 5) is 31.0. The highest BCUT2D eigenvalue weighted by atomic mass is 16.5. The Morgan fingerprint density at radius 2 is 1.69 bits per heavy atom. The fourth-order valence-electron chi connectivity index (χ4n) is 4.66. The number of amides is 1. The molecule has 5 rings (SSSR count). The van der Waals surface area contributed by atoms with Crippen molar-refractivity contribution in [2.75, 3.05) is 38.2 Å². The van der Waals surface area contributed by atoms with Gasteiger partial charge in [-0.2, -0.15) is 9.78 Å². The molecule has 2 aromatic carbocycles. The van der Waals surface area contributed by atoms with Crippen molar-refractivity contribution in [1.29, 1.82) is 0 Å². The minimum atomic E-state index is -0.216. The molecule has 35 heavy (non-hydrogen) atoms. The minimum Gasteiger partial charge on any atom is -0.495 e. The lowest BCUT2D eigenvalue weighted by atomic mass is 10.1. The molecule has 8 heteroatoms. The maximum absolute atomic E-state index is 13.7. The number of rotatable bonds is 6. The Morgan fingerprint density at radius 1 is 0.971 bits per heavy atom. The predicted octanol–water partition coefficient (Wildman–Crippen LogP) is 3.52. The molecule has 0 atom stereocenters. The van der Waals surface area contributed by atoms with E-state index in [9.17, 15) is 9.59 Å². The molecule has 0 aliphatic carbocycles. The number of methoxy groups -OCH3 is 1. The Bertz CT molecular complexity index is 1350. The van der Waals surface area contributed by atoms with E-state index in [0.29, 0.717) is 55.2 Å². The zero-order valence-electron chi connectivity index (χ0n) is 20.1. The fraction of sp³-hybridized carbons (Fsp3) is 0.296. The maximum Gasteiger partial charge on any atom is 0.282 e. The summed E-state index contributed by atoms with van der Waals surface area (Å²) in [5.74, 6) is 0.727. The molecule has 3 aliphatic rings. The number of para-hydroxylation sites is 3. The molecule has 0 spiro atoms. The molecule has 1 amide bonds. The van der Waals surface area contributed by atoms with Gasteiger partial charge in [-0.3, -0.25) is 9.59 Å². The molecule has 1 fully saturated rings. The molecule has 0 saturated carbocycles. The van der Waals surface area contributed by atoms with Crippen molar-refractivity contribution < 1.29 is 9.53 Å². The van der Waals surface area contributed by atoms with Gasteiger partial charge in [-0.15, -0.1) is 0 Å². The average molecular weight is 472 g/mol. The number of anilines is 1. The number of aryl methyl sites for hydroxylation is 1. The first kappa shape index (κ1) is 22.7. The van der Waals surface area contributed by atoms with Crippen LogP contribution in [-0.4, -0.2) is 58.4 Å². The van der Waals surface area contributed by atoms with Crippen LogP contribution in [0.3, 0.4) is 0 Å². The molecule has 0 N–H and O–H groups in total. The van der Waals surface area contributed by atoms with Gasteiger partial charge in [0.2, 0.25) is 0 Å². The van der Waals surface area contributed by atoms with Crippen molar-refractivity contribution in [3.8, 4) is 22.7 Å². The largest absolute Gasteiger partial charge is 0.495 e. The van der Waals surface area contributed by atoms with E-state index in [-0.39, 0.29) is 11.5 Å². The highest BCUT2D eigenvalue weighted by Gasteiger charge is 2.29. The number of aromatic nitrogens is 3. The number of hydrogen-bond acceptors (Lipinski definition) is 5. The van der Waals surface area contributed by atoms with Crippen LogP contribution in [0.4, 0.5) is 5.69 Å². The van der Waals surface area contributed by atoms with E-state index < -0.39 is 0 Å². The summed E-state index contributed by atoms with van der Waals surface area (Å²) in [5, 5.41) is 4.60. The van der Waals surface area contributed by atoms with E-state index in [0.717, 1.165) is 17.9 Å². The molecule has 3 aliphatic heterocycles. The lowest BCUT2D eigenvalue weighted by Crippen LogP contribution is -2.49. The number of carbonyl (C=O) groups is 1. The quantitative estimate of drug-likeness (QED) is 0.430. The second-order valence-electron chi connectivity index (χ2n) is 8.68. The van der Waals surface area contributed by atoms with Gasteiger partial charge in [-0.05, 0) is 30.7 Å². The van der Waals surface area contributed by atoms with Crippen LogP contribution in [0.5, 0.6) is 5.75 Å². The normalized spacial score (nSPS) is 13.9. The lowest BCUT2D eigenvalue weighted by molar-refractivity contribution is 0.0746. The molecule has 2 aromatic rings. The van der Waals surface area contributed by atoms with E-state index in [1.165, 1.54) is 4.68 Å². The summed E-state index contributed by atoms with van der Waals surface area (Å²) in [7, 11) is 1.67. The molecule has 0 bridgehead atoms. The van der Waals surface area contributed by atoms with E-state index >= 15 is 0 Å². The summed E-state index contributed by atoms with van der Waals surface area (Å²) in [6, 6.07) is 17.2. The van der Waals surface area contributed by atoms with Gasteiger partial charge < -0.3 is 19.1 Å². The highest BCUT2D eigenvalue weighted by Crippen LogP contribution is 2.29. The van der Waals surface area contributed by atoms with Gasteiger partial charge in [0, 0.05) is 45.1 Å². The van der Waals surface area contributed by atoms with Crippen LogP contribution in [0.25, 0.3) is 16.9 Å². The van der Waals surface area contributed by atoms with Crippen LogP contribution < -0.4 is 15.2 Å². The van der Waals surface area contributed by atoms with Gasteiger partial charge in [0.1, 0.15) is 11.4 Å². The molecular formula is C27H29N5O3. The third-order valence-electron chi connectivity index (χ3n) is 6.43. The van der Waals surface area contributed by atoms with Crippen molar-refractivity contribution in [2.24, 2.45) is 0 Å². The monoisotopic (exact) mass is 471 g/mol. The topological polar surface area (TPSA) is 72.6 Å². The van der Waals surface area contributed by atoms with Gasteiger partial charge in [0.15, 0.2) is 0 Å². The summed E-state index contributed by atoms with van der Waals surface area (Å²) in [6.45, 7) is 5.33. The molecule has 0 radical (unpaired) electrons. The van der Waals surface area contributed by atoms with E-state index in [4.69, 9.17) is 4.74 Å². The number of piperazine rings is 1. The predicted molar refractivity (Wildman–Crippen MR) is 136 cm³/mol. The van der Waals surface area contributed by atoms with Crippen LogP contribution in [0, 0.1) is 0 Å². The van der Waals surface area contributed by atoms with Crippen molar-refractivity contribution >= 4 is 11.6 Å². The van der Waals surface area contributed by atoms with Crippen LogP contribution in [0.1, 0.15) is 23.7 Å². The molecular weight excluding hydrogens is 442 g/mol. The van der Waals surface area contributed by atoms with Gasteiger partial charge in [-0.1, -0.05) is 37.3 Å². The molecule has 0 unspecified atom stereocenters. The van der Waals surface area contributed by atoms with Gasteiger partial charge >= 0.3 is 0 Å². The smallest absolute Gasteiger partial charge is 0.282 e. The van der Waals surface area contributed by atoms with Gasteiger partial charge in [0.25, 0.3) is 11.5 Å². The first-order valence-electron chi connectivity index (χ1n) is 12.0. The highest BCUT2D eigenvalue weighted by molar-refractivity contribution is 6.00. The number of carbonyl (C=O) groups excluding carboxylic acids is 1. The van der Waals surface area contributed by atoms with Gasteiger partial charge in [-0.25, -0.2) is 0 Å². The zero-order chi connectivity index (χ0) is 24.4. The Balaban J connectivity index is 1.46. The molecule has 8 nitrogen and oxygen atoms in total. The number of benzene rings is 2. The number of pyridine rings is 1. The SMILES string of the molecule is CCCn1cc(C(=O)N2CCN(c3ccccc3OC)CC2)c2nn(-c3ccccc3)c(=O)c-2c1. The van der Waals surface area contributed by atoms with E-state index in [1.54, 1.807) is 7.11 Å². The maximum atomic E-state index is 13.7. The molecule has 0 aromatic heterocycles. The Labute approximate surface area is 204 Å². The van der Waals surface area contributed by atoms with Gasteiger partial charge in [0.05, 0.1) is 29.6 Å². The third-order valence-corrected chi connectivity index (χ3v) is 6.43. The van der Waals surface area contributed by atoms with Crippen LogP contribution in [-0.2, 0) is 6.54 Å². The van der Waals surface area contributed by atoms with Crippen molar-refractivity contribution in [2.45, 2.75) is 19.9 Å². The number of hydrogen-bond donors (Lipinski definition) is 0. The fourth-order valence-corrected chi connectivity index (χ4v) is 4.66. The van der Waals surface area contributed by atoms with Crippen LogP contribution in [0.2, 0.25) is 0 Å². The first-order valence-corrected chi connectivity index (χ1v) is 12.0. The number of fused-ring (bicyclic) bond motifs is 1. The summed E-state index contributed by atoms with van der Waals surface area (Å²) in [6.07, 6.45) is 4.54. The third kappa shape index (κ3) is 4.27. The van der Waals surface area contributed by atoms with Crippen LogP contribution in [0.15, 0.2) is 71.8 Å². The minimum absolute atomic E-state index is 0.0992. The van der Waals surface area contributed by atoms with E-state index in [1.807, 2.05) is 76.5 Å². The molecule has 1 saturated heterocycles. The summed E-state index contributed by atoms with van der Waals surface area (Å²) >= 11 is 0. The second kappa shape index (κ2) is 9.66. The van der Waals surface area contributed by atoms with Crippen molar-refractivity contribution in [3.63, 3.8) is 0 Å². The van der Waals surface area contributed by atoms with Crippen LogP contribution >= 0.6 is 0 Å². The standard InChI is InChI=1S/C27H29N5O3/c1-3-13-29-18-21(25-22(19-29)27(34)32(28-25)20-9-5-4-6-10-20)26(33)31-16-14-30(15-17-31)23-11-7-8-12-24(23)35-2/h4-12,18-19H,3,13-17H2,1-2H3. The number of ether oxygens (including phenoxy) is 1. The Kier molecular flexibility index (Phi) is 6.27. The zero-order valence-corrected chi connectivity index (χ0v) is 20.1. The molecule has 3 heterocycles. The lowest BCUT2D eigenvalue weighted by Gasteiger charge is -2.36. The first-order chi connectivity index (χ1) is 17.1.